The number of aryl methyl sites for hydroxylation is 2. The number of benzene rings is 2. The van der Waals surface area contributed by atoms with Gasteiger partial charge < -0.3 is 18.6 Å². The van der Waals surface area contributed by atoms with Gasteiger partial charge in [0.2, 0.25) is 5.75 Å². The third-order valence-electron chi connectivity index (χ3n) is 5.03. The number of carbonyl (C=O) groups is 2. The minimum atomic E-state index is -5.04. The summed E-state index contributed by atoms with van der Waals surface area (Å²) in [5.74, 6) is -2.55. The first-order chi connectivity index (χ1) is 15.9. The van der Waals surface area contributed by atoms with E-state index in [2.05, 4.69) is 17.9 Å². The van der Waals surface area contributed by atoms with Gasteiger partial charge in [-0.05, 0) is 56.9 Å². The van der Waals surface area contributed by atoms with Crippen LogP contribution in [0.15, 0.2) is 53.0 Å². The fourth-order valence-corrected chi connectivity index (χ4v) is 3.34. The number of halogens is 3. The summed E-state index contributed by atoms with van der Waals surface area (Å²) in [7, 11) is 0. The standard InChI is InChI=1S/C25H23F3O6/c1-13(2)23(29)31-12-6-7-16-8-9-17-18-10-11-19(32-24(30)14(3)4)22(34-25(26,27)28)21(18)33-20(17)15(16)5/h8-11H,1,3,6-7,12H2,2,4-5H3. The Balaban J connectivity index is 2.00. The van der Waals surface area contributed by atoms with Crippen molar-refractivity contribution in [3.63, 3.8) is 0 Å². The first-order valence-electron chi connectivity index (χ1n) is 10.3. The van der Waals surface area contributed by atoms with Crippen LogP contribution in [0.4, 0.5) is 13.2 Å². The minimum Gasteiger partial charge on any atom is -0.462 e. The number of fused-ring (bicyclic) bond motifs is 3. The second kappa shape index (κ2) is 9.62. The zero-order valence-electron chi connectivity index (χ0n) is 18.9. The maximum absolute atomic E-state index is 13.2. The van der Waals surface area contributed by atoms with Crippen molar-refractivity contribution in [1.29, 1.82) is 0 Å². The smallest absolute Gasteiger partial charge is 0.462 e. The number of furan rings is 1. The molecule has 1 aromatic heterocycles. The van der Waals surface area contributed by atoms with Crippen LogP contribution in [-0.4, -0.2) is 24.9 Å². The number of rotatable bonds is 8. The van der Waals surface area contributed by atoms with Gasteiger partial charge in [0.15, 0.2) is 11.3 Å². The van der Waals surface area contributed by atoms with Gasteiger partial charge in [-0.15, -0.1) is 13.2 Å². The third kappa shape index (κ3) is 5.41. The summed E-state index contributed by atoms with van der Waals surface area (Å²) in [6.45, 7) is 11.9. The van der Waals surface area contributed by atoms with Gasteiger partial charge in [-0.3, -0.25) is 0 Å². The Kier molecular flexibility index (Phi) is 7.04. The zero-order valence-corrected chi connectivity index (χ0v) is 18.9. The average Bonchev–Trinajstić information content (AvgIpc) is 3.12. The summed E-state index contributed by atoms with van der Waals surface area (Å²) < 4.78 is 59.6. The maximum Gasteiger partial charge on any atom is 0.573 e. The van der Waals surface area contributed by atoms with E-state index in [0.29, 0.717) is 34.8 Å². The van der Waals surface area contributed by atoms with Crippen LogP contribution in [0.3, 0.4) is 0 Å². The third-order valence-corrected chi connectivity index (χ3v) is 5.03. The van der Waals surface area contributed by atoms with E-state index in [1.807, 2.05) is 6.07 Å². The van der Waals surface area contributed by atoms with Gasteiger partial charge in [0, 0.05) is 21.9 Å². The molecule has 9 heteroatoms. The van der Waals surface area contributed by atoms with Crippen molar-refractivity contribution in [2.24, 2.45) is 0 Å². The Bertz CT molecular complexity index is 1300. The number of alkyl halides is 3. The van der Waals surface area contributed by atoms with Crippen LogP contribution in [0.1, 0.15) is 31.4 Å². The average molecular weight is 476 g/mol. The molecule has 0 bridgehead atoms. The van der Waals surface area contributed by atoms with Crippen LogP contribution >= 0.6 is 0 Å². The molecule has 180 valence electrons. The van der Waals surface area contributed by atoms with Crippen LogP contribution < -0.4 is 9.47 Å². The predicted molar refractivity (Wildman–Crippen MR) is 120 cm³/mol. The van der Waals surface area contributed by atoms with Crippen molar-refractivity contribution in [2.75, 3.05) is 6.61 Å². The molecule has 34 heavy (non-hydrogen) atoms. The molecule has 0 N–H and O–H groups in total. The largest absolute Gasteiger partial charge is 0.573 e. The molecule has 3 aromatic rings. The summed E-state index contributed by atoms with van der Waals surface area (Å²) in [6, 6.07) is 6.30. The molecular formula is C25H23F3O6. The highest BCUT2D eigenvalue weighted by atomic mass is 19.4. The van der Waals surface area contributed by atoms with Gasteiger partial charge in [-0.2, -0.15) is 0 Å². The molecule has 0 saturated carbocycles. The van der Waals surface area contributed by atoms with Gasteiger partial charge in [-0.25, -0.2) is 9.59 Å². The van der Waals surface area contributed by atoms with Crippen molar-refractivity contribution in [2.45, 2.75) is 40.0 Å². The molecule has 2 aromatic carbocycles. The van der Waals surface area contributed by atoms with Gasteiger partial charge in [0.25, 0.3) is 0 Å². The Morgan fingerprint density at radius 1 is 0.971 bits per heavy atom. The van der Waals surface area contributed by atoms with Gasteiger partial charge >= 0.3 is 18.3 Å². The van der Waals surface area contributed by atoms with Crippen LogP contribution in [0.25, 0.3) is 21.9 Å². The molecule has 0 saturated heterocycles. The van der Waals surface area contributed by atoms with Crippen LogP contribution in [0, 0.1) is 6.92 Å². The molecule has 6 nitrogen and oxygen atoms in total. The first kappa shape index (κ1) is 24.9. The molecule has 0 aliphatic heterocycles. The first-order valence-corrected chi connectivity index (χ1v) is 10.3. The molecule has 0 fully saturated rings. The lowest BCUT2D eigenvalue weighted by Crippen LogP contribution is -2.18. The summed E-state index contributed by atoms with van der Waals surface area (Å²) in [5, 5.41) is 0.948. The molecule has 0 amide bonds. The highest BCUT2D eigenvalue weighted by Crippen LogP contribution is 2.44. The fourth-order valence-electron chi connectivity index (χ4n) is 3.34. The number of ether oxygens (including phenoxy) is 3. The maximum atomic E-state index is 13.2. The number of esters is 2. The lowest BCUT2D eigenvalue weighted by Gasteiger charge is -2.13. The second-order valence-electron chi connectivity index (χ2n) is 7.84. The minimum absolute atomic E-state index is 0.0112. The number of hydrogen-bond acceptors (Lipinski definition) is 6. The van der Waals surface area contributed by atoms with E-state index >= 15 is 0 Å². The molecule has 0 atom stereocenters. The van der Waals surface area contributed by atoms with Crippen molar-refractivity contribution in [1.82, 2.24) is 0 Å². The van der Waals surface area contributed by atoms with E-state index in [4.69, 9.17) is 13.9 Å². The number of hydrogen-bond donors (Lipinski definition) is 0. The van der Waals surface area contributed by atoms with Crippen molar-refractivity contribution >= 4 is 33.9 Å². The van der Waals surface area contributed by atoms with Gasteiger partial charge in [0.1, 0.15) is 5.58 Å². The topological polar surface area (TPSA) is 75.0 Å². The Morgan fingerprint density at radius 2 is 1.59 bits per heavy atom. The van der Waals surface area contributed by atoms with E-state index in [0.717, 1.165) is 11.1 Å². The molecule has 0 aliphatic rings. The SMILES string of the molecule is C=C(C)C(=O)OCCCc1ccc2c(oc3c(OC(F)(F)F)c(OC(=O)C(=C)C)ccc32)c1C. The van der Waals surface area contributed by atoms with Crippen molar-refractivity contribution < 1.29 is 41.4 Å². The zero-order chi connectivity index (χ0) is 25.2. The molecule has 0 unspecified atom stereocenters. The molecule has 0 aliphatic carbocycles. The highest BCUT2D eigenvalue weighted by molar-refractivity contribution is 6.09. The summed E-state index contributed by atoms with van der Waals surface area (Å²) in [6.07, 6.45) is -3.95. The van der Waals surface area contributed by atoms with E-state index in [-0.39, 0.29) is 17.8 Å². The summed E-state index contributed by atoms with van der Waals surface area (Å²) in [4.78, 5) is 23.4. The van der Waals surface area contributed by atoms with Gasteiger partial charge in [0.05, 0.1) is 6.61 Å². The molecule has 0 spiro atoms. The molecule has 1 heterocycles. The highest BCUT2D eigenvalue weighted by Gasteiger charge is 2.35. The Morgan fingerprint density at radius 3 is 2.21 bits per heavy atom. The molecule has 3 rings (SSSR count). The lowest BCUT2D eigenvalue weighted by molar-refractivity contribution is -0.274. The second-order valence-corrected chi connectivity index (χ2v) is 7.84. The van der Waals surface area contributed by atoms with E-state index in [9.17, 15) is 22.8 Å². The van der Waals surface area contributed by atoms with E-state index < -0.39 is 29.8 Å². The van der Waals surface area contributed by atoms with E-state index in [1.54, 1.807) is 19.9 Å². The predicted octanol–water partition coefficient (Wildman–Crippen LogP) is 6.33. The lowest BCUT2D eigenvalue weighted by atomic mass is 10.0. The van der Waals surface area contributed by atoms with Crippen LogP contribution in [0.2, 0.25) is 0 Å². The van der Waals surface area contributed by atoms with Gasteiger partial charge in [-0.1, -0.05) is 25.3 Å². The summed E-state index contributed by atoms with van der Waals surface area (Å²) >= 11 is 0. The monoisotopic (exact) mass is 476 g/mol. The Hall–Kier alpha value is -3.75. The van der Waals surface area contributed by atoms with Crippen molar-refractivity contribution in [3.05, 3.63) is 59.7 Å². The molecular weight excluding hydrogens is 453 g/mol. The molecule has 0 radical (unpaired) electrons. The normalized spacial score (nSPS) is 11.5. The Labute approximate surface area is 193 Å². The van der Waals surface area contributed by atoms with Crippen LogP contribution in [-0.2, 0) is 20.7 Å². The van der Waals surface area contributed by atoms with E-state index in [1.165, 1.54) is 19.1 Å². The van der Waals surface area contributed by atoms with Crippen molar-refractivity contribution in [3.8, 4) is 11.5 Å². The number of carbonyl (C=O) groups excluding carboxylic acids is 2. The summed E-state index contributed by atoms with van der Waals surface area (Å²) in [5.41, 5.74) is 2.10. The fraction of sp³-hybridized carbons (Fsp3) is 0.280. The quantitative estimate of drug-likeness (QED) is 0.164. The van der Waals surface area contributed by atoms with Crippen LogP contribution in [0.5, 0.6) is 11.5 Å².